The van der Waals surface area contributed by atoms with E-state index in [1.54, 1.807) is 7.11 Å². The second-order valence-corrected chi connectivity index (χ2v) is 5.37. The van der Waals surface area contributed by atoms with Gasteiger partial charge in [-0.25, -0.2) is 0 Å². The molecule has 1 unspecified atom stereocenters. The molecule has 106 valence electrons. The number of hydrogen-bond donors (Lipinski definition) is 1. The monoisotopic (exact) mass is 289 g/mol. The van der Waals surface area contributed by atoms with Crippen LogP contribution in [0.25, 0.3) is 0 Å². The molecule has 0 heterocycles. The van der Waals surface area contributed by atoms with Crippen LogP contribution in [0.1, 0.15) is 28.3 Å². The van der Waals surface area contributed by atoms with Crippen LogP contribution in [-0.2, 0) is 0 Å². The fourth-order valence-corrected chi connectivity index (χ4v) is 2.52. The molecule has 0 fully saturated rings. The summed E-state index contributed by atoms with van der Waals surface area (Å²) in [7, 11) is 3.59. The Morgan fingerprint density at radius 2 is 1.65 bits per heavy atom. The van der Waals surface area contributed by atoms with E-state index in [4.69, 9.17) is 16.3 Å². The van der Waals surface area contributed by atoms with Gasteiger partial charge in [-0.05, 0) is 55.3 Å². The number of aryl methyl sites for hydroxylation is 2. The van der Waals surface area contributed by atoms with Crippen LogP contribution in [-0.4, -0.2) is 14.2 Å². The molecule has 2 nitrogen and oxygen atoms in total. The average molecular weight is 290 g/mol. The summed E-state index contributed by atoms with van der Waals surface area (Å²) in [6, 6.07) is 12.5. The van der Waals surface area contributed by atoms with Crippen molar-refractivity contribution in [3.8, 4) is 5.75 Å². The maximum Gasteiger partial charge on any atom is 0.137 e. The highest BCUT2D eigenvalue weighted by molar-refractivity contribution is 6.32. The molecule has 0 aliphatic rings. The molecule has 0 saturated carbocycles. The molecule has 1 N–H and O–H groups in total. The van der Waals surface area contributed by atoms with Gasteiger partial charge in [0.25, 0.3) is 0 Å². The van der Waals surface area contributed by atoms with E-state index in [2.05, 4.69) is 37.4 Å². The summed E-state index contributed by atoms with van der Waals surface area (Å²) in [4.78, 5) is 0. The van der Waals surface area contributed by atoms with Crippen molar-refractivity contribution in [1.82, 2.24) is 5.32 Å². The first-order valence-electron chi connectivity index (χ1n) is 6.64. The van der Waals surface area contributed by atoms with E-state index in [0.29, 0.717) is 10.8 Å². The fourth-order valence-electron chi connectivity index (χ4n) is 2.33. The van der Waals surface area contributed by atoms with E-state index in [1.165, 1.54) is 16.7 Å². The van der Waals surface area contributed by atoms with Crippen LogP contribution >= 0.6 is 11.6 Å². The Hall–Kier alpha value is -1.51. The van der Waals surface area contributed by atoms with E-state index in [1.807, 2.05) is 25.2 Å². The third-order valence-corrected chi connectivity index (χ3v) is 3.97. The third-order valence-electron chi connectivity index (χ3n) is 3.66. The van der Waals surface area contributed by atoms with Crippen LogP contribution in [0.5, 0.6) is 5.75 Å². The maximum atomic E-state index is 6.09. The molecule has 3 heteroatoms. The highest BCUT2D eigenvalue weighted by atomic mass is 35.5. The van der Waals surface area contributed by atoms with Gasteiger partial charge >= 0.3 is 0 Å². The number of halogens is 1. The summed E-state index contributed by atoms with van der Waals surface area (Å²) in [5.41, 5.74) is 4.97. The molecule has 0 bridgehead atoms. The lowest BCUT2D eigenvalue weighted by atomic mass is 9.95. The first-order valence-corrected chi connectivity index (χ1v) is 7.02. The lowest BCUT2D eigenvalue weighted by Gasteiger charge is -2.19. The smallest absolute Gasteiger partial charge is 0.137 e. The standard InChI is InChI=1S/C17H20ClNO/c1-11-5-6-13(9-12(11)2)17(19-3)14-7-8-15(18)16(10-14)20-4/h5-10,17,19H,1-4H3. The van der Waals surface area contributed by atoms with Gasteiger partial charge in [0.1, 0.15) is 5.75 Å². The number of rotatable bonds is 4. The van der Waals surface area contributed by atoms with Crippen molar-refractivity contribution >= 4 is 11.6 Å². The van der Waals surface area contributed by atoms with Gasteiger partial charge in [0.2, 0.25) is 0 Å². The first-order chi connectivity index (χ1) is 9.56. The van der Waals surface area contributed by atoms with Gasteiger partial charge in [0.05, 0.1) is 18.2 Å². The predicted octanol–water partition coefficient (Wildman–Crippen LogP) is 4.27. The summed E-state index contributed by atoms with van der Waals surface area (Å²) in [6.45, 7) is 4.26. The van der Waals surface area contributed by atoms with Crippen molar-refractivity contribution in [2.75, 3.05) is 14.2 Å². The number of hydrogen-bond acceptors (Lipinski definition) is 2. The van der Waals surface area contributed by atoms with E-state index in [-0.39, 0.29) is 6.04 Å². The summed E-state index contributed by atoms with van der Waals surface area (Å²) in [5, 5.41) is 3.98. The van der Waals surface area contributed by atoms with Crippen LogP contribution in [0, 0.1) is 13.8 Å². The lowest BCUT2D eigenvalue weighted by Crippen LogP contribution is -2.18. The zero-order valence-corrected chi connectivity index (χ0v) is 13.1. The van der Waals surface area contributed by atoms with Gasteiger partial charge in [-0.1, -0.05) is 35.9 Å². The summed E-state index contributed by atoms with van der Waals surface area (Å²) >= 11 is 6.09. The third kappa shape index (κ3) is 2.97. The van der Waals surface area contributed by atoms with Crippen molar-refractivity contribution in [3.05, 3.63) is 63.7 Å². The molecule has 1 atom stereocenters. The quantitative estimate of drug-likeness (QED) is 0.907. The average Bonchev–Trinajstić information content (AvgIpc) is 2.45. The van der Waals surface area contributed by atoms with Gasteiger partial charge in [0.15, 0.2) is 0 Å². The predicted molar refractivity (Wildman–Crippen MR) is 84.8 cm³/mol. The van der Waals surface area contributed by atoms with Gasteiger partial charge in [-0.2, -0.15) is 0 Å². The van der Waals surface area contributed by atoms with Gasteiger partial charge in [0, 0.05) is 0 Å². The zero-order valence-electron chi connectivity index (χ0n) is 12.3. The fraction of sp³-hybridized carbons (Fsp3) is 0.294. The number of nitrogens with one attached hydrogen (secondary N) is 1. The Labute approximate surface area is 125 Å². The molecule has 0 aromatic heterocycles. The van der Waals surface area contributed by atoms with Crippen LogP contribution in [0.2, 0.25) is 5.02 Å². The molecule has 2 rings (SSSR count). The summed E-state index contributed by atoms with van der Waals surface area (Å²) in [5.74, 6) is 0.702. The second-order valence-electron chi connectivity index (χ2n) is 4.96. The van der Waals surface area contributed by atoms with Crippen molar-refractivity contribution in [2.24, 2.45) is 0 Å². The van der Waals surface area contributed by atoms with Crippen LogP contribution < -0.4 is 10.1 Å². The van der Waals surface area contributed by atoms with Gasteiger partial charge < -0.3 is 10.1 Å². The number of benzene rings is 2. The Kier molecular flexibility index (Phi) is 4.69. The van der Waals surface area contributed by atoms with Crippen LogP contribution in [0.3, 0.4) is 0 Å². The Morgan fingerprint density at radius 3 is 2.25 bits per heavy atom. The van der Waals surface area contributed by atoms with E-state index in [9.17, 15) is 0 Å². The molecule has 0 spiro atoms. The van der Waals surface area contributed by atoms with Crippen LogP contribution in [0.4, 0.5) is 0 Å². The minimum atomic E-state index is 0.125. The zero-order chi connectivity index (χ0) is 14.7. The highest BCUT2D eigenvalue weighted by Gasteiger charge is 2.14. The van der Waals surface area contributed by atoms with E-state index < -0.39 is 0 Å². The molecule has 20 heavy (non-hydrogen) atoms. The highest BCUT2D eigenvalue weighted by Crippen LogP contribution is 2.30. The van der Waals surface area contributed by atoms with Crippen LogP contribution in [0.15, 0.2) is 36.4 Å². The number of methoxy groups -OCH3 is 1. The Balaban J connectivity index is 2.43. The Morgan fingerprint density at radius 1 is 1.00 bits per heavy atom. The largest absolute Gasteiger partial charge is 0.495 e. The van der Waals surface area contributed by atoms with E-state index >= 15 is 0 Å². The van der Waals surface area contributed by atoms with Gasteiger partial charge in [-0.15, -0.1) is 0 Å². The number of ether oxygens (including phenoxy) is 1. The second kappa shape index (κ2) is 6.29. The maximum absolute atomic E-state index is 6.09. The molecule has 0 radical (unpaired) electrons. The molecular formula is C17H20ClNO. The lowest BCUT2D eigenvalue weighted by molar-refractivity contribution is 0.414. The van der Waals surface area contributed by atoms with Crippen molar-refractivity contribution in [3.63, 3.8) is 0 Å². The normalized spacial score (nSPS) is 12.2. The van der Waals surface area contributed by atoms with Crippen molar-refractivity contribution in [2.45, 2.75) is 19.9 Å². The molecular weight excluding hydrogens is 270 g/mol. The van der Waals surface area contributed by atoms with Crippen molar-refractivity contribution in [1.29, 1.82) is 0 Å². The van der Waals surface area contributed by atoms with Gasteiger partial charge in [-0.3, -0.25) is 0 Å². The Bertz CT molecular complexity index is 610. The van der Waals surface area contributed by atoms with Crippen molar-refractivity contribution < 1.29 is 4.74 Å². The summed E-state index contributed by atoms with van der Waals surface area (Å²) in [6.07, 6.45) is 0. The first kappa shape index (κ1) is 14.9. The SMILES string of the molecule is CNC(c1ccc(C)c(C)c1)c1ccc(Cl)c(OC)c1. The molecule has 2 aromatic carbocycles. The molecule has 0 aliphatic heterocycles. The molecule has 0 aliphatic carbocycles. The molecule has 0 saturated heterocycles. The molecule has 0 amide bonds. The topological polar surface area (TPSA) is 21.3 Å². The summed E-state index contributed by atoms with van der Waals surface area (Å²) < 4.78 is 5.30. The minimum absolute atomic E-state index is 0.125. The van der Waals surface area contributed by atoms with E-state index in [0.717, 1.165) is 5.56 Å². The molecule has 2 aromatic rings. The minimum Gasteiger partial charge on any atom is -0.495 e.